The van der Waals surface area contributed by atoms with Crippen LogP contribution in [0.5, 0.6) is 0 Å². The van der Waals surface area contributed by atoms with Gasteiger partial charge in [0.25, 0.3) is 0 Å². The number of aromatic amines is 1. The number of cyclic esters (lactones) is 1. The molecule has 0 bridgehead atoms. The second kappa shape index (κ2) is 11.3. The summed E-state index contributed by atoms with van der Waals surface area (Å²) in [5.41, 5.74) is 2.32. The minimum Gasteiger partial charge on any atom is -0.549 e. The highest BCUT2D eigenvalue weighted by molar-refractivity contribution is 6.52. The molecule has 1 aromatic carbocycles. The molecule has 0 saturated carbocycles. The summed E-state index contributed by atoms with van der Waals surface area (Å²) in [6.07, 6.45) is 11.1. The maximum absolute atomic E-state index is 12.7. The molecule has 3 rings (SSSR count). The number of carbonyl (C=O) groups is 1. The van der Waals surface area contributed by atoms with Crippen molar-refractivity contribution >= 4 is 23.9 Å². The van der Waals surface area contributed by atoms with E-state index in [1.807, 2.05) is 12.3 Å². The van der Waals surface area contributed by atoms with Gasteiger partial charge in [0.2, 0.25) is 0 Å². The van der Waals surface area contributed by atoms with Crippen LogP contribution in [0.4, 0.5) is 4.79 Å². The number of H-pyrrole nitrogens is 1. The highest BCUT2D eigenvalue weighted by Gasteiger charge is 2.39. The number of unbranched alkanes of at least 4 members (excludes halogenated alkanes) is 2. The molecule has 0 unspecified atom stereocenters. The van der Waals surface area contributed by atoms with Gasteiger partial charge in [-0.3, -0.25) is 0 Å². The predicted molar refractivity (Wildman–Crippen MR) is 128 cm³/mol. The summed E-state index contributed by atoms with van der Waals surface area (Å²) in [5, 5.41) is 1.20. The van der Waals surface area contributed by atoms with E-state index in [1.165, 1.54) is 10.9 Å². The number of benzene rings is 1. The van der Waals surface area contributed by atoms with E-state index in [-0.39, 0.29) is 25.0 Å². The maximum Gasteiger partial charge on any atom is 0.417 e. The number of carbonyl (C=O) groups excluding carboxylic acids is 1. The Morgan fingerprint density at radius 1 is 1.26 bits per heavy atom. The third-order valence-electron chi connectivity index (χ3n) is 6.13. The first kappa shape index (κ1) is 23.3. The highest BCUT2D eigenvalue weighted by Crippen LogP contribution is 2.28. The fourth-order valence-corrected chi connectivity index (χ4v) is 4.18. The zero-order valence-electron chi connectivity index (χ0n) is 19.5. The Labute approximate surface area is 187 Å². The topological polar surface area (TPSA) is 54.6 Å². The molecule has 1 aromatic heterocycles. The second-order valence-electron chi connectivity index (χ2n) is 8.89. The summed E-state index contributed by atoms with van der Waals surface area (Å²) in [6.45, 7) is 9.20. The van der Waals surface area contributed by atoms with E-state index in [0.29, 0.717) is 18.9 Å². The molecule has 0 radical (unpaired) electrons. The Balaban J connectivity index is 1.88. The number of hydrogen-bond donors (Lipinski definition) is 1. The van der Waals surface area contributed by atoms with Crippen molar-refractivity contribution in [1.29, 1.82) is 0 Å². The molecule has 31 heavy (non-hydrogen) atoms. The third-order valence-corrected chi connectivity index (χ3v) is 6.13. The van der Waals surface area contributed by atoms with Crippen LogP contribution in [-0.4, -0.2) is 35.5 Å². The van der Waals surface area contributed by atoms with E-state index in [2.05, 4.69) is 57.0 Å². The van der Waals surface area contributed by atoms with Crippen molar-refractivity contribution in [2.45, 2.75) is 78.5 Å². The number of fused-ring (bicyclic) bond motifs is 1. The van der Waals surface area contributed by atoms with Crippen molar-refractivity contribution in [3.05, 3.63) is 48.0 Å². The predicted octanol–water partition coefficient (Wildman–Crippen LogP) is 6.64. The zero-order valence-corrected chi connectivity index (χ0v) is 19.5. The number of hydrogen-bond acceptors (Lipinski definition) is 3. The van der Waals surface area contributed by atoms with Gasteiger partial charge in [0.1, 0.15) is 6.61 Å². The SMILES string of the molecule is CCCCB(CCCC)O/C(=C\Cc1c[nH]c2ccccc12)N1C(=O)OC[C@H]1C(C)C. The van der Waals surface area contributed by atoms with Gasteiger partial charge in [0, 0.05) is 17.1 Å². The zero-order chi connectivity index (χ0) is 22.2. The van der Waals surface area contributed by atoms with Gasteiger partial charge in [-0.25, -0.2) is 9.69 Å². The van der Waals surface area contributed by atoms with E-state index in [9.17, 15) is 4.79 Å². The van der Waals surface area contributed by atoms with Gasteiger partial charge < -0.3 is 14.4 Å². The molecule has 2 aromatic rings. The Hall–Kier alpha value is -2.37. The number of amides is 1. The van der Waals surface area contributed by atoms with Crippen LogP contribution >= 0.6 is 0 Å². The molecular weight excluding hydrogens is 387 g/mol. The van der Waals surface area contributed by atoms with E-state index >= 15 is 0 Å². The molecule has 0 aliphatic carbocycles. The monoisotopic (exact) mass is 424 g/mol. The first-order valence-electron chi connectivity index (χ1n) is 11.9. The van der Waals surface area contributed by atoms with E-state index in [0.717, 1.165) is 43.8 Å². The molecular formula is C25H37BN2O3. The Morgan fingerprint density at radius 3 is 2.65 bits per heavy atom. The summed E-state index contributed by atoms with van der Waals surface area (Å²) >= 11 is 0. The smallest absolute Gasteiger partial charge is 0.417 e. The van der Waals surface area contributed by atoms with E-state index in [1.54, 1.807) is 4.90 Å². The number of rotatable bonds is 12. The highest BCUT2D eigenvalue weighted by atomic mass is 16.6. The summed E-state index contributed by atoms with van der Waals surface area (Å²) in [7, 11) is 0. The molecule has 1 N–H and O–H groups in total. The maximum atomic E-state index is 12.7. The van der Waals surface area contributed by atoms with Crippen molar-refractivity contribution in [3.8, 4) is 0 Å². The molecule has 2 heterocycles. The number of allylic oxidation sites excluding steroid dienone is 1. The summed E-state index contributed by atoms with van der Waals surface area (Å²) in [5.74, 6) is 0.944. The lowest BCUT2D eigenvalue weighted by atomic mass is 9.59. The first-order chi connectivity index (χ1) is 15.0. The molecule has 5 nitrogen and oxygen atoms in total. The molecule has 1 aliphatic heterocycles. The van der Waals surface area contributed by atoms with Crippen LogP contribution in [0.1, 0.15) is 58.9 Å². The largest absolute Gasteiger partial charge is 0.549 e. The van der Waals surface area contributed by atoms with E-state index < -0.39 is 0 Å². The number of aromatic nitrogens is 1. The molecule has 1 saturated heterocycles. The number of ether oxygens (including phenoxy) is 1. The number of nitrogens with one attached hydrogen (secondary N) is 1. The van der Waals surface area contributed by atoms with Crippen molar-refractivity contribution in [1.82, 2.24) is 9.88 Å². The quantitative estimate of drug-likeness (QED) is 0.307. The average molecular weight is 424 g/mol. The van der Waals surface area contributed by atoms with Gasteiger partial charge in [0.05, 0.1) is 6.04 Å². The molecule has 1 fully saturated rings. The van der Waals surface area contributed by atoms with Crippen molar-refractivity contribution in [2.75, 3.05) is 6.61 Å². The lowest BCUT2D eigenvalue weighted by Gasteiger charge is -2.29. The summed E-state index contributed by atoms with van der Waals surface area (Å²) < 4.78 is 12.0. The van der Waals surface area contributed by atoms with Gasteiger partial charge in [-0.2, -0.15) is 0 Å². The fraction of sp³-hybridized carbons (Fsp3) is 0.560. The van der Waals surface area contributed by atoms with Crippen molar-refractivity contribution in [2.24, 2.45) is 5.92 Å². The average Bonchev–Trinajstić information content (AvgIpc) is 3.36. The molecule has 168 valence electrons. The summed E-state index contributed by atoms with van der Waals surface area (Å²) in [6, 6.07) is 8.30. The second-order valence-corrected chi connectivity index (χ2v) is 8.89. The normalized spacial score (nSPS) is 16.9. The number of para-hydroxylation sites is 1. The molecule has 6 heteroatoms. The Bertz CT molecular complexity index is 869. The van der Waals surface area contributed by atoms with E-state index in [4.69, 9.17) is 9.39 Å². The molecule has 0 spiro atoms. The molecule has 1 atom stereocenters. The van der Waals surface area contributed by atoms with Gasteiger partial charge in [-0.15, -0.1) is 0 Å². The molecule has 1 aliphatic rings. The van der Waals surface area contributed by atoms with Gasteiger partial charge in [0.15, 0.2) is 5.88 Å². The fourth-order valence-electron chi connectivity index (χ4n) is 4.18. The van der Waals surface area contributed by atoms with Crippen molar-refractivity contribution in [3.63, 3.8) is 0 Å². The van der Waals surface area contributed by atoms with Crippen LogP contribution in [0.2, 0.25) is 12.6 Å². The summed E-state index contributed by atoms with van der Waals surface area (Å²) in [4.78, 5) is 17.8. The lowest BCUT2D eigenvalue weighted by Crippen LogP contribution is -2.39. The van der Waals surface area contributed by atoms with Crippen molar-refractivity contribution < 1.29 is 14.2 Å². The standard InChI is InChI=1S/C25H37BN2O3/c1-5-7-15-26(16-8-6-2)31-24(28-23(19(3)4)18-30-25(28)29)14-13-20-17-27-22-12-10-9-11-21(20)22/h9-12,14,17,19,23,27H,5-8,13,15-16,18H2,1-4H3/b24-14-/t23-/m0/s1. The van der Waals surface area contributed by atoms with Crippen LogP contribution in [-0.2, 0) is 15.8 Å². The van der Waals surface area contributed by atoms with Crippen LogP contribution < -0.4 is 0 Å². The first-order valence-corrected chi connectivity index (χ1v) is 11.9. The third kappa shape index (κ3) is 5.87. The van der Waals surface area contributed by atoms with Gasteiger partial charge >= 0.3 is 13.0 Å². The minimum absolute atomic E-state index is 0.000260. The van der Waals surface area contributed by atoms with Crippen LogP contribution in [0.3, 0.4) is 0 Å². The van der Waals surface area contributed by atoms with Gasteiger partial charge in [-0.05, 0) is 42.7 Å². The number of nitrogens with zero attached hydrogens (tertiary/aromatic N) is 1. The Kier molecular flexibility index (Phi) is 8.50. The van der Waals surface area contributed by atoms with Crippen LogP contribution in [0.15, 0.2) is 42.4 Å². The Morgan fingerprint density at radius 2 is 1.97 bits per heavy atom. The molecule has 1 amide bonds. The van der Waals surface area contributed by atoms with Crippen LogP contribution in [0.25, 0.3) is 10.9 Å². The lowest BCUT2D eigenvalue weighted by molar-refractivity contribution is 0.149. The minimum atomic E-state index is -0.298. The van der Waals surface area contributed by atoms with Crippen LogP contribution in [0, 0.1) is 5.92 Å². The van der Waals surface area contributed by atoms with Gasteiger partial charge in [-0.1, -0.05) is 71.6 Å².